The first-order valence-electron chi connectivity index (χ1n) is 25.9. The first-order chi connectivity index (χ1) is 36.8. The minimum absolute atomic E-state index is 0. The third-order valence-corrected chi connectivity index (χ3v) is 16.2. The molecule has 0 aliphatic heterocycles. The minimum atomic E-state index is -1.57. The normalized spacial score (nSPS) is 12.0. The fourth-order valence-corrected chi connectivity index (χ4v) is 12.1. The number of fused-ring (bicyclic) bond motifs is 9. The second-order valence-electron chi connectivity index (χ2n) is 20.4. The number of pyridine rings is 2. The van der Waals surface area contributed by atoms with Crippen molar-refractivity contribution in [1.29, 1.82) is 0 Å². The predicted octanol–water partition coefficient (Wildman–Crippen LogP) is 17.8. The first-order valence-corrected chi connectivity index (χ1v) is 28.9. The molecule has 0 aliphatic rings. The van der Waals surface area contributed by atoms with Gasteiger partial charge in [0.25, 0.3) is 0 Å². The van der Waals surface area contributed by atoms with Gasteiger partial charge >= 0.3 is 0 Å². The Kier molecular flexibility index (Phi) is 13.2. The van der Waals surface area contributed by atoms with E-state index < -0.39 is 14.0 Å². The number of nitrogens with zero attached hydrogens (tertiary/aromatic N) is 4. The van der Waals surface area contributed by atoms with E-state index in [1.54, 1.807) is 6.07 Å². The van der Waals surface area contributed by atoms with E-state index in [1.807, 2.05) is 50.5 Å². The Morgan fingerprint density at radius 2 is 1.22 bits per heavy atom. The Morgan fingerprint density at radius 3 is 1.87 bits per heavy atom. The van der Waals surface area contributed by atoms with Crippen LogP contribution in [0, 0.1) is 24.9 Å². The molecule has 0 amide bonds. The predicted molar refractivity (Wildman–Crippen MR) is 312 cm³/mol. The summed E-state index contributed by atoms with van der Waals surface area (Å²) in [4.78, 5) is 15.2. The van der Waals surface area contributed by atoms with Crippen molar-refractivity contribution in [3.8, 4) is 61.7 Å². The summed E-state index contributed by atoms with van der Waals surface area (Å²) >= 11 is 0. The molecule has 1 radical (unpaired) electrons. The van der Waals surface area contributed by atoms with Crippen molar-refractivity contribution >= 4 is 67.9 Å². The zero-order valence-corrected chi connectivity index (χ0v) is 46.4. The summed E-state index contributed by atoms with van der Waals surface area (Å²) in [5.74, 6) is -0.238. The zero-order valence-electron chi connectivity index (χ0n) is 44.0. The smallest absolute Gasteiger partial charge is 0.140 e. The van der Waals surface area contributed by atoms with Gasteiger partial charge in [0.15, 0.2) is 0 Å². The molecular formula is C68H53FIrN4OSi-2. The number of aryl methyl sites for hydroxylation is 1. The van der Waals surface area contributed by atoms with Crippen LogP contribution in [0.5, 0.6) is 0 Å². The second-order valence-corrected chi connectivity index (χ2v) is 25.4. The van der Waals surface area contributed by atoms with Gasteiger partial charge in [0.2, 0.25) is 0 Å². The summed E-state index contributed by atoms with van der Waals surface area (Å²) in [6, 6.07) is 72.7. The maximum absolute atomic E-state index is 13.0. The summed E-state index contributed by atoms with van der Waals surface area (Å²) in [5, 5.41) is 6.74. The number of hydrogen-bond acceptors (Lipinski definition) is 4. The molecule has 373 valence electrons. The number of hydrogen-bond donors (Lipinski definition) is 0. The Hall–Kier alpha value is -8.13. The van der Waals surface area contributed by atoms with Crippen molar-refractivity contribution in [1.82, 2.24) is 19.5 Å². The molecule has 0 aliphatic carbocycles. The molecule has 0 atom stereocenters. The average molecular weight is 1180 g/mol. The Balaban J connectivity index is 0.000000243. The van der Waals surface area contributed by atoms with Gasteiger partial charge in [-0.25, -0.2) is 0 Å². The van der Waals surface area contributed by atoms with E-state index in [2.05, 4.69) is 200 Å². The summed E-state index contributed by atoms with van der Waals surface area (Å²) in [6.07, 6.45) is 3.83. The van der Waals surface area contributed by atoms with Crippen LogP contribution >= 0.6 is 0 Å². The van der Waals surface area contributed by atoms with E-state index in [0.717, 1.165) is 117 Å². The molecule has 0 bridgehead atoms. The van der Waals surface area contributed by atoms with Gasteiger partial charge in [-0.05, 0) is 67.3 Å². The molecule has 0 saturated carbocycles. The molecule has 0 fully saturated rings. The number of imidazole rings is 1. The van der Waals surface area contributed by atoms with Crippen molar-refractivity contribution in [3.05, 3.63) is 236 Å². The largest absolute Gasteiger partial charge is 0.499 e. The van der Waals surface area contributed by atoms with Crippen molar-refractivity contribution in [2.45, 2.75) is 46.3 Å². The summed E-state index contributed by atoms with van der Waals surface area (Å²) in [5.41, 5.74) is 16.2. The van der Waals surface area contributed by atoms with Crippen LogP contribution in [0.25, 0.3) is 116 Å². The van der Waals surface area contributed by atoms with Crippen LogP contribution in [0.1, 0.15) is 32.2 Å². The molecule has 0 spiro atoms. The summed E-state index contributed by atoms with van der Waals surface area (Å²) < 4.78 is 30.7. The van der Waals surface area contributed by atoms with Crippen LogP contribution in [-0.4, -0.2) is 27.6 Å². The van der Waals surface area contributed by atoms with Crippen LogP contribution in [-0.2, 0) is 20.1 Å². The van der Waals surface area contributed by atoms with Gasteiger partial charge in [-0.2, -0.15) is 0 Å². The minimum Gasteiger partial charge on any atom is -0.499 e. The molecule has 0 N–H and O–H groups in total. The van der Waals surface area contributed by atoms with Crippen molar-refractivity contribution in [2.75, 3.05) is 0 Å². The molecule has 4 aromatic heterocycles. The van der Waals surface area contributed by atoms with E-state index in [9.17, 15) is 4.39 Å². The molecule has 9 aromatic carbocycles. The van der Waals surface area contributed by atoms with E-state index >= 15 is 0 Å². The molecule has 13 aromatic rings. The van der Waals surface area contributed by atoms with Gasteiger partial charge < -0.3 is 14.0 Å². The summed E-state index contributed by atoms with van der Waals surface area (Å²) in [6.45, 7) is 12.6. The fourth-order valence-electron chi connectivity index (χ4n) is 10.5. The molecule has 76 heavy (non-hydrogen) atoms. The second kappa shape index (κ2) is 20.5. The number of halogens is 1. The maximum atomic E-state index is 13.0. The van der Waals surface area contributed by atoms with E-state index in [1.165, 1.54) is 28.1 Å². The number of furan rings is 1. The zero-order chi connectivity index (χ0) is 52.3. The molecule has 8 heteroatoms. The van der Waals surface area contributed by atoms with Crippen molar-refractivity contribution in [3.63, 3.8) is 0 Å². The first kappa shape index (κ1) is 48.8. The monoisotopic (exact) mass is 1180 g/mol. The van der Waals surface area contributed by atoms with Gasteiger partial charge in [0, 0.05) is 67.3 Å². The van der Waals surface area contributed by atoms with E-state index in [-0.39, 0.29) is 25.9 Å². The van der Waals surface area contributed by atoms with Gasteiger partial charge in [-0.3, -0.25) is 14.4 Å². The standard InChI is InChI=1S/C51H32N3O.C17H21FNSi.Ir/c1-32-25-27-43(50-46(32)48-45(55-50)30-37(31-52-48)34-17-7-3-8-18-34)51-53-47-41-23-13-11-21-39(41)40-22-12-14-24-42(40)49(47)54(51)44-29-36(33-15-5-2-6-16-33)26-28-38(44)35-19-9-4-10-20-35;1-12(2)15-10-16(13-6-8-14(18)9-7-13)19-11-17(15)20(3,4)5;/h2-26,28-31H,1H3;6,8-12H,1-5H3;/q2*-1;/i;12D;. The van der Waals surface area contributed by atoms with Gasteiger partial charge in [-0.1, -0.05) is 209 Å². The Labute approximate surface area is 458 Å². The van der Waals surface area contributed by atoms with Gasteiger partial charge in [-0.15, -0.1) is 47.5 Å². The average Bonchev–Trinajstić information content (AvgIpc) is 4.24. The van der Waals surface area contributed by atoms with Gasteiger partial charge in [0.1, 0.15) is 5.58 Å². The Morgan fingerprint density at radius 1 is 0.605 bits per heavy atom. The molecule has 13 rings (SSSR count). The Bertz CT molecular complexity index is 4320. The number of benzene rings is 9. The molecule has 0 unspecified atom stereocenters. The number of rotatable bonds is 8. The quantitative estimate of drug-likeness (QED) is 0.0864. The van der Waals surface area contributed by atoms with E-state index in [4.69, 9.17) is 15.8 Å². The topological polar surface area (TPSA) is 56.7 Å². The van der Waals surface area contributed by atoms with Crippen LogP contribution in [0.15, 0.2) is 211 Å². The number of aromatic nitrogens is 4. The molecule has 5 nitrogen and oxygen atoms in total. The summed E-state index contributed by atoms with van der Waals surface area (Å²) in [7, 11) is -1.57. The fraction of sp³-hybridized carbons (Fsp3) is 0.103. The third-order valence-electron chi connectivity index (χ3n) is 14.2. The SMILES string of the molecule is Cc1c[c-]c(-c2nc3c4ccccc4c4ccccc4c3n2-c2cc(-c3ccccc3)ccc2-c2ccccc2)c2oc3cc(-c4ccccc4)cnc3c12.[2H]C(C)(C)c1cc(-c2[c-]cc(F)cc2)ncc1[Si](C)(C)C.[Ir]. The van der Waals surface area contributed by atoms with Crippen LogP contribution in [0.3, 0.4) is 0 Å². The molecule has 4 heterocycles. The molecular weight excluding hydrogens is 1130 g/mol. The van der Waals surface area contributed by atoms with Crippen LogP contribution in [0.2, 0.25) is 19.6 Å². The van der Waals surface area contributed by atoms with Crippen molar-refractivity contribution in [2.24, 2.45) is 0 Å². The third kappa shape index (κ3) is 9.17. The van der Waals surface area contributed by atoms with Crippen LogP contribution < -0.4 is 5.19 Å². The van der Waals surface area contributed by atoms with E-state index in [0.29, 0.717) is 0 Å². The van der Waals surface area contributed by atoms with Crippen molar-refractivity contribution < 1.29 is 30.3 Å². The molecule has 0 saturated heterocycles. The maximum Gasteiger partial charge on any atom is 0.140 e. The van der Waals surface area contributed by atoms with Gasteiger partial charge in [0.05, 0.1) is 36.0 Å². The van der Waals surface area contributed by atoms with Crippen LogP contribution in [0.4, 0.5) is 4.39 Å².